The van der Waals surface area contributed by atoms with Gasteiger partial charge in [0.1, 0.15) is 12.2 Å². The monoisotopic (exact) mass is 879 g/mol. The fourth-order valence-corrected chi connectivity index (χ4v) is 22.0. The van der Waals surface area contributed by atoms with E-state index in [1.54, 1.807) is 0 Å². The second-order valence-electron chi connectivity index (χ2n) is 14.9. The van der Waals surface area contributed by atoms with Gasteiger partial charge in [-0.3, -0.25) is 4.79 Å². The first kappa shape index (κ1) is 52.4. The van der Waals surface area contributed by atoms with Crippen LogP contribution in [0.5, 0.6) is 0 Å². The highest BCUT2D eigenvalue weighted by Crippen LogP contribution is 2.77. The van der Waals surface area contributed by atoms with E-state index in [1.807, 2.05) is 13.8 Å². The molecule has 7 unspecified atom stereocenters. The first-order valence-electron chi connectivity index (χ1n) is 17.9. The van der Waals surface area contributed by atoms with Crippen molar-refractivity contribution >= 4 is 93.5 Å². The summed E-state index contributed by atoms with van der Waals surface area (Å²) in [4.78, 5) is 11.4. The SMILES string of the molecule is CC(C)CC(C)OP(=S)(OC(C)CC(C)C)SCC(C)OP(=S)(OC(C)CS[P+](S)(OC(C)CC(C)C)OC(C)CC(C)C)SCCC(=O)O. The molecule has 0 aromatic rings. The molecular weight excluding hydrogens is 810 g/mol. The van der Waals surface area contributed by atoms with Gasteiger partial charge in [0, 0.05) is 11.5 Å². The van der Waals surface area contributed by atoms with E-state index in [2.05, 4.69) is 83.1 Å². The molecule has 8 nitrogen and oxygen atoms in total. The van der Waals surface area contributed by atoms with E-state index in [0.717, 1.165) is 25.7 Å². The zero-order valence-electron chi connectivity index (χ0n) is 33.1. The maximum absolute atomic E-state index is 11.4. The molecule has 0 heterocycles. The molecule has 0 amide bonds. The van der Waals surface area contributed by atoms with Crippen LogP contribution in [-0.4, -0.2) is 65.0 Å². The van der Waals surface area contributed by atoms with Crippen LogP contribution >= 0.6 is 63.9 Å². The Hall–Kier alpha value is 2.36. The maximum atomic E-state index is 11.4. The first-order chi connectivity index (χ1) is 22.9. The van der Waals surface area contributed by atoms with Crippen LogP contribution in [0.25, 0.3) is 0 Å². The molecule has 0 aliphatic heterocycles. The Kier molecular flexibility index (Phi) is 27.6. The molecule has 300 valence electrons. The fraction of sp³-hybridized carbons (Fsp3) is 0.970. The fourth-order valence-electron chi connectivity index (χ4n) is 5.12. The van der Waals surface area contributed by atoms with Crippen LogP contribution < -0.4 is 0 Å². The number of carbonyl (C=O) groups is 1. The third-order valence-electron chi connectivity index (χ3n) is 6.58. The van der Waals surface area contributed by atoms with Gasteiger partial charge in [-0.2, -0.15) is 9.05 Å². The van der Waals surface area contributed by atoms with Crippen LogP contribution in [0.4, 0.5) is 0 Å². The lowest BCUT2D eigenvalue weighted by molar-refractivity contribution is -0.136. The van der Waals surface area contributed by atoms with Crippen LogP contribution in [0.2, 0.25) is 0 Å². The number of carboxylic acid groups (broad SMARTS) is 1. The lowest BCUT2D eigenvalue weighted by Gasteiger charge is -2.31. The van der Waals surface area contributed by atoms with Crippen molar-refractivity contribution in [2.75, 3.05) is 17.3 Å². The molecule has 0 saturated heterocycles. The largest absolute Gasteiger partial charge is 0.481 e. The van der Waals surface area contributed by atoms with Gasteiger partial charge in [-0.1, -0.05) is 78.2 Å². The number of rotatable bonds is 30. The topological polar surface area (TPSA) is 92.7 Å². The lowest BCUT2D eigenvalue weighted by atomic mass is 10.1. The number of carboxylic acids is 1. The van der Waals surface area contributed by atoms with Gasteiger partial charge in [-0.15, -0.1) is 0 Å². The molecule has 0 spiro atoms. The van der Waals surface area contributed by atoms with Crippen molar-refractivity contribution < 1.29 is 37.0 Å². The number of hydrogen-bond donors (Lipinski definition) is 2. The predicted octanol–water partition coefficient (Wildman–Crippen LogP) is 13.3. The quantitative estimate of drug-likeness (QED) is 0.0530. The molecule has 0 aromatic heterocycles. The van der Waals surface area contributed by atoms with E-state index < -0.39 is 23.5 Å². The summed E-state index contributed by atoms with van der Waals surface area (Å²) in [5, 5.41) is 9.34. The minimum atomic E-state index is -2.97. The third-order valence-corrected chi connectivity index (χ3v) is 23.3. The van der Waals surface area contributed by atoms with E-state index in [1.165, 1.54) is 34.1 Å². The molecule has 0 aliphatic carbocycles. The number of thiol groups is 1. The Labute approximate surface area is 334 Å². The van der Waals surface area contributed by atoms with Gasteiger partial charge in [0.25, 0.3) is 0 Å². The van der Waals surface area contributed by atoms with Crippen LogP contribution in [0.15, 0.2) is 0 Å². The molecule has 0 rings (SSSR count). The second-order valence-corrected chi connectivity index (χ2v) is 34.1. The van der Waals surface area contributed by atoms with Gasteiger partial charge in [0.15, 0.2) is 0 Å². The molecule has 0 fully saturated rings. The Morgan fingerprint density at radius 3 is 1.32 bits per heavy atom. The van der Waals surface area contributed by atoms with Gasteiger partial charge in [-0.25, -0.2) is 0 Å². The average molecular weight is 880 g/mol. The van der Waals surface area contributed by atoms with Crippen molar-refractivity contribution in [3.05, 3.63) is 0 Å². The molecule has 0 bridgehead atoms. The van der Waals surface area contributed by atoms with E-state index >= 15 is 0 Å². The van der Waals surface area contributed by atoms with Crippen molar-refractivity contribution in [1.82, 2.24) is 0 Å². The Morgan fingerprint density at radius 2 is 0.940 bits per heavy atom. The van der Waals surface area contributed by atoms with Crippen LogP contribution in [0, 0.1) is 23.7 Å². The Morgan fingerprint density at radius 1 is 0.600 bits per heavy atom. The van der Waals surface area contributed by atoms with Crippen LogP contribution in [-0.2, 0) is 55.6 Å². The standard InChI is InChI=1S/C33H69O8P3S6/c1-23(2)17-27(9)36-43(46,37-28(10)18-24(3)4)49-21-31(13)40-42(45,48-16-15-33(34)35)41-32(14)22-50-44(47,38-29(11)19-25(5)6)39-30(12)20-26(7)8/h23-32,46H,15-22H2,1-14H3/p+1. The van der Waals surface area contributed by atoms with E-state index in [9.17, 15) is 9.90 Å². The maximum Gasteiger partial charge on any atom is 0.393 e. The summed E-state index contributed by atoms with van der Waals surface area (Å²) in [6, 6.07) is 0. The van der Waals surface area contributed by atoms with Crippen molar-refractivity contribution in [2.45, 2.75) is 166 Å². The lowest BCUT2D eigenvalue weighted by Crippen LogP contribution is -2.18. The summed E-state index contributed by atoms with van der Waals surface area (Å²) in [7, 11) is 0. The first-order valence-corrected chi connectivity index (χ1v) is 30.8. The minimum Gasteiger partial charge on any atom is -0.481 e. The molecular formula is C33H70O8P3S6+. The summed E-state index contributed by atoms with van der Waals surface area (Å²) < 4.78 is 38.9. The normalized spacial score (nSPS) is 19.9. The Bertz CT molecular complexity index is 1000. The zero-order chi connectivity index (χ0) is 38.9. The molecule has 0 aliphatic rings. The summed E-state index contributed by atoms with van der Waals surface area (Å²) in [6.07, 6.45) is 0.176. The second kappa shape index (κ2) is 26.3. The highest BCUT2D eigenvalue weighted by Gasteiger charge is 2.45. The number of aliphatic carboxylic acids is 1. The summed E-state index contributed by atoms with van der Waals surface area (Å²) in [5.74, 6) is 2.32. The third kappa shape index (κ3) is 27.0. The summed E-state index contributed by atoms with van der Waals surface area (Å²) >= 11 is 21.5. The highest BCUT2D eigenvalue weighted by molar-refractivity contribution is 8.87. The molecule has 0 radical (unpaired) electrons. The Balaban J connectivity index is 5.86. The van der Waals surface area contributed by atoms with E-state index in [0.29, 0.717) is 35.2 Å². The molecule has 0 saturated carbocycles. The van der Waals surface area contributed by atoms with Gasteiger partial charge in [0.05, 0.1) is 60.2 Å². The average Bonchev–Trinajstić information content (AvgIpc) is 2.88. The number of hydrogen-bond acceptors (Lipinski definition) is 13. The highest BCUT2D eigenvalue weighted by atomic mass is 33.1. The smallest absolute Gasteiger partial charge is 0.393 e. The van der Waals surface area contributed by atoms with Crippen LogP contribution in [0.1, 0.15) is 129 Å². The molecule has 1 N–H and O–H groups in total. The molecule has 7 atom stereocenters. The minimum absolute atomic E-state index is 0.0105. The van der Waals surface area contributed by atoms with Gasteiger partial charge >= 0.3 is 12.1 Å². The van der Waals surface area contributed by atoms with Gasteiger partial charge in [0.2, 0.25) is 11.4 Å². The van der Waals surface area contributed by atoms with Crippen molar-refractivity contribution in [2.24, 2.45) is 23.7 Å². The zero-order valence-corrected chi connectivity index (χ0v) is 40.7. The predicted molar refractivity (Wildman–Crippen MR) is 235 cm³/mol. The van der Waals surface area contributed by atoms with Gasteiger partial charge in [-0.05, 0) is 115 Å². The van der Waals surface area contributed by atoms with E-state index in [4.69, 9.17) is 63.0 Å². The van der Waals surface area contributed by atoms with Crippen LogP contribution in [0.3, 0.4) is 0 Å². The van der Waals surface area contributed by atoms with E-state index in [-0.39, 0.29) is 48.8 Å². The molecule has 50 heavy (non-hydrogen) atoms. The van der Waals surface area contributed by atoms with Gasteiger partial charge < -0.3 is 23.2 Å². The van der Waals surface area contributed by atoms with Crippen molar-refractivity contribution in [3.8, 4) is 0 Å². The summed E-state index contributed by atoms with van der Waals surface area (Å²) in [6.45, 7) is 29.5. The summed E-state index contributed by atoms with van der Waals surface area (Å²) in [5.41, 5.74) is -5.68. The van der Waals surface area contributed by atoms with Crippen molar-refractivity contribution in [1.29, 1.82) is 0 Å². The molecule has 17 heteroatoms. The van der Waals surface area contributed by atoms with Crippen molar-refractivity contribution in [3.63, 3.8) is 0 Å². The molecule has 0 aromatic carbocycles.